The van der Waals surface area contributed by atoms with E-state index in [-0.39, 0.29) is 6.10 Å². The molecule has 1 saturated heterocycles. The highest BCUT2D eigenvalue weighted by Crippen LogP contribution is 2.29. The molecule has 2 rings (SSSR count). The molecule has 0 amide bonds. The molecule has 1 aliphatic rings. The van der Waals surface area contributed by atoms with Gasteiger partial charge < -0.3 is 10.6 Å². The van der Waals surface area contributed by atoms with Crippen molar-refractivity contribution in [3.05, 3.63) is 5.82 Å². The molecule has 0 unspecified atom stereocenters. The first-order valence-corrected chi connectivity index (χ1v) is 7.59. The van der Waals surface area contributed by atoms with Gasteiger partial charge in [-0.1, -0.05) is 32.0 Å². The lowest BCUT2D eigenvalue weighted by Crippen LogP contribution is -2.21. The van der Waals surface area contributed by atoms with E-state index in [2.05, 4.69) is 24.0 Å². The highest BCUT2D eigenvalue weighted by atomic mass is 32.2. The van der Waals surface area contributed by atoms with Crippen LogP contribution in [0.3, 0.4) is 0 Å². The largest absolute Gasteiger partial charge is 0.370 e. The van der Waals surface area contributed by atoms with Crippen molar-refractivity contribution in [3.8, 4) is 0 Å². The average Bonchev–Trinajstić information content (AvgIpc) is 2.72. The van der Waals surface area contributed by atoms with Gasteiger partial charge in [0.25, 0.3) is 0 Å². The zero-order valence-electron chi connectivity index (χ0n) is 11.1. The summed E-state index contributed by atoms with van der Waals surface area (Å²) in [5.41, 5.74) is 0. The Bertz CT molecular complexity index is 376. The second-order valence-electron chi connectivity index (χ2n) is 4.78. The Balaban J connectivity index is 2.03. The molecule has 0 saturated carbocycles. The molecule has 18 heavy (non-hydrogen) atoms. The lowest BCUT2D eigenvalue weighted by molar-refractivity contribution is 0.00780. The number of rotatable bonds is 5. The maximum atomic E-state index is 6.07. The van der Waals surface area contributed by atoms with Crippen molar-refractivity contribution in [2.24, 2.45) is 0 Å². The van der Waals surface area contributed by atoms with Gasteiger partial charge in [-0.15, -0.1) is 10.2 Å². The Morgan fingerprint density at radius 3 is 3.00 bits per heavy atom. The third kappa shape index (κ3) is 3.17. The van der Waals surface area contributed by atoms with Gasteiger partial charge >= 0.3 is 0 Å². The highest BCUT2D eigenvalue weighted by Gasteiger charge is 2.23. The van der Waals surface area contributed by atoms with Crippen LogP contribution < -0.4 is 5.84 Å². The van der Waals surface area contributed by atoms with E-state index in [1.54, 1.807) is 16.4 Å². The first kappa shape index (κ1) is 13.7. The van der Waals surface area contributed by atoms with Gasteiger partial charge in [0.05, 0.1) is 0 Å². The third-order valence-corrected chi connectivity index (χ3v) is 4.29. The Labute approximate surface area is 112 Å². The van der Waals surface area contributed by atoms with Crippen LogP contribution in [0.4, 0.5) is 0 Å². The van der Waals surface area contributed by atoms with E-state index >= 15 is 0 Å². The first-order chi connectivity index (χ1) is 8.72. The summed E-state index contributed by atoms with van der Waals surface area (Å²) in [6.07, 6.45) is 5.64. The second kappa shape index (κ2) is 6.43. The Hall–Kier alpha value is -0.750. The minimum absolute atomic E-state index is 0.0204. The number of ether oxygens (including phenoxy) is 1. The molecular weight excluding hydrogens is 248 g/mol. The van der Waals surface area contributed by atoms with Crippen LogP contribution in [0.5, 0.6) is 0 Å². The van der Waals surface area contributed by atoms with Crippen LogP contribution in [-0.2, 0) is 4.74 Å². The monoisotopic (exact) mass is 270 g/mol. The molecule has 0 aliphatic carbocycles. The van der Waals surface area contributed by atoms with E-state index in [0.717, 1.165) is 36.9 Å². The summed E-state index contributed by atoms with van der Waals surface area (Å²) in [6, 6.07) is 0. The molecule has 0 spiro atoms. The molecule has 1 aromatic heterocycles. The first-order valence-electron chi connectivity index (χ1n) is 6.71. The Morgan fingerprint density at radius 1 is 1.50 bits per heavy atom. The van der Waals surface area contributed by atoms with Crippen LogP contribution in [-0.4, -0.2) is 26.7 Å². The van der Waals surface area contributed by atoms with Crippen LogP contribution in [0.15, 0.2) is 5.16 Å². The molecule has 1 aromatic rings. The standard InChI is InChI=1S/C12H22N4OS/c1-3-6-9(2)18-12-15-14-11(16(12)13)10-7-4-5-8-17-10/h9-10H,3-8,13H2,1-2H3/t9-,10+/m0/s1. The lowest BCUT2D eigenvalue weighted by Gasteiger charge is -2.21. The van der Waals surface area contributed by atoms with E-state index in [9.17, 15) is 0 Å². The van der Waals surface area contributed by atoms with Crippen LogP contribution in [0, 0.1) is 0 Å². The normalized spacial score (nSPS) is 22.0. The number of hydrogen-bond donors (Lipinski definition) is 1. The van der Waals surface area contributed by atoms with Crippen LogP contribution >= 0.6 is 11.8 Å². The molecular formula is C12H22N4OS. The fourth-order valence-electron chi connectivity index (χ4n) is 2.18. The van der Waals surface area contributed by atoms with Gasteiger partial charge in [-0.2, -0.15) is 0 Å². The van der Waals surface area contributed by atoms with Crippen LogP contribution in [0.25, 0.3) is 0 Å². The Morgan fingerprint density at radius 2 is 2.33 bits per heavy atom. The molecule has 0 aromatic carbocycles. The van der Waals surface area contributed by atoms with Crippen molar-refractivity contribution >= 4 is 11.8 Å². The number of thioether (sulfide) groups is 1. The smallest absolute Gasteiger partial charge is 0.210 e. The summed E-state index contributed by atoms with van der Waals surface area (Å²) in [4.78, 5) is 0. The van der Waals surface area contributed by atoms with Crippen molar-refractivity contribution in [3.63, 3.8) is 0 Å². The average molecular weight is 270 g/mol. The van der Waals surface area contributed by atoms with Crippen LogP contribution in [0.2, 0.25) is 0 Å². The van der Waals surface area contributed by atoms with Gasteiger partial charge in [0, 0.05) is 11.9 Å². The summed E-state index contributed by atoms with van der Waals surface area (Å²) in [5, 5.41) is 9.69. The minimum atomic E-state index is 0.0204. The molecule has 0 radical (unpaired) electrons. The summed E-state index contributed by atoms with van der Waals surface area (Å²) in [6.45, 7) is 5.18. The fraction of sp³-hybridized carbons (Fsp3) is 0.833. The molecule has 6 heteroatoms. The van der Waals surface area contributed by atoms with Crippen molar-refractivity contribution < 1.29 is 4.74 Å². The van der Waals surface area contributed by atoms with Crippen molar-refractivity contribution in [1.29, 1.82) is 0 Å². The summed E-state index contributed by atoms with van der Waals surface area (Å²) >= 11 is 1.69. The van der Waals surface area contributed by atoms with E-state index in [0.29, 0.717) is 5.25 Å². The van der Waals surface area contributed by atoms with Crippen molar-refractivity contribution in [1.82, 2.24) is 14.9 Å². The van der Waals surface area contributed by atoms with E-state index in [4.69, 9.17) is 10.6 Å². The summed E-state index contributed by atoms with van der Waals surface area (Å²) < 4.78 is 7.30. The lowest BCUT2D eigenvalue weighted by atomic mass is 10.1. The number of nitrogens with zero attached hydrogens (tertiary/aromatic N) is 3. The zero-order chi connectivity index (χ0) is 13.0. The molecule has 1 fully saturated rings. The van der Waals surface area contributed by atoms with Gasteiger partial charge in [0.2, 0.25) is 5.16 Å². The quantitative estimate of drug-likeness (QED) is 0.658. The molecule has 102 valence electrons. The van der Waals surface area contributed by atoms with Gasteiger partial charge in [-0.05, 0) is 25.7 Å². The zero-order valence-corrected chi connectivity index (χ0v) is 11.9. The number of aromatic nitrogens is 3. The van der Waals surface area contributed by atoms with Gasteiger partial charge in [-0.25, -0.2) is 4.68 Å². The Kier molecular flexibility index (Phi) is 4.88. The predicted molar refractivity (Wildman–Crippen MR) is 72.9 cm³/mol. The van der Waals surface area contributed by atoms with E-state index in [1.807, 2.05) is 0 Å². The van der Waals surface area contributed by atoms with E-state index < -0.39 is 0 Å². The molecule has 2 atom stereocenters. The summed E-state index contributed by atoms with van der Waals surface area (Å²) in [5.74, 6) is 6.83. The SMILES string of the molecule is CCC[C@H](C)Sc1nnc([C@H]2CCCCO2)n1N. The van der Waals surface area contributed by atoms with Crippen molar-refractivity contribution in [2.75, 3.05) is 12.4 Å². The number of nitrogen functional groups attached to an aromatic ring is 1. The maximum Gasteiger partial charge on any atom is 0.210 e. The van der Waals surface area contributed by atoms with Gasteiger partial charge in [0.15, 0.2) is 5.82 Å². The summed E-state index contributed by atoms with van der Waals surface area (Å²) in [7, 11) is 0. The third-order valence-electron chi connectivity index (χ3n) is 3.16. The van der Waals surface area contributed by atoms with Crippen molar-refractivity contribution in [2.45, 2.75) is 62.5 Å². The topological polar surface area (TPSA) is 66.0 Å². The molecule has 2 heterocycles. The maximum absolute atomic E-state index is 6.07. The highest BCUT2D eigenvalue weighted by molar-refractivity contribution is 7.99. The number of nitrogens with two attached hydrogens (primary N) is 1. The predicted octanol–water partition coefficient (Wildman–Crippen LogP) is 2.51. The van der Waals surface area contributed by atoms with Gasteiger partial charge in [0.1, 0.15) is 6.10 Å². The second-order valence-corrected chi connectivity index (χ2v) is 6.19. The minimum Gasteiger partial charge on any atom is -0.370 e. The number of hydrogen-bond acceptors (Lipinski definition) is 5. The van der Waals surface area contributed by atoms with Gasteiger partial charge in [-0.3, -0.25) is 0 Å². The molecule has 2 N–H and O–H groups in total. The molecule has 0 bridgehead atoms. The molecule has 1 aliphatic heterocycles. The molecule has 5 nitrogen and oxygen atoms in total. The fourth-order valence-corrected chi connectivity index (χ4v) is 3.19. The van der Waals surface area contributed by atoms with Crippen LogP contribution in [0.1, 0.15) is 57.9 Å². The van der Waals surface area contributed by atoms with E-state index in [1.165, 1.54) is 12.8 Å².